The standard InChI is InChI=1S/C20H28O/c1-3-14-5-9-19-18-7-4-13-12-15(21)6-8-16(13)17(18)10-11-20(14,19)2/h1,12,14-19,21H,4-11H2,2H3/t14-,15?,16-,17?,18?,19?,20+/m0/s1. The van der Waals surface area contributed by atoms with E-state index in [1.165, 1.54) is 44.9 Å². The molecule has 3 saturated carbocycles. The zero-order valence-electron chi connectivity index (χ0n) is 13.2. The minimum absolute atomic E-state index is 0.168. The molecule has 1 nitrogen and oxygen atoms in total. The van der Waals surface area contributed by atoms with E-state index in [0.29, 0.717) is 11.3 Å². The van der Waals surface area contributed by atoms with Crippen LogP contribution in [0.1, 0.15) is 58.3 Å². The van der Waals surface area contributed by atoms with E-state index in [2.05, 4.69) is 18.9 Å². The molecule has 4 unspecified atom stereocenters. The molecule has 0 saturated heterocycles. The number of hydrogen-bond acceptors (Lipinski definition) is 1. The van der Waals surface area contributed by atoms with Crippen LogP contribution in [0.2, 0.25) is 0 Å². The number of allylic oxidation sites excluding steroid dienone is 1. The third-order valence-corrected chi connectivity index (χ3v) is 7.63. The largest absolute Gasteiger partial charge is 0.389 e. The molecule has 0 aliphatic heterocycles. The van der Waals surface area contributed by atoms with Crippen molar-refractivity contribution in [2.45, 2.75) is 64.4 Å². The lowest BCUT2D eigenvalue weighted by molar-refractivity contribution is -0.0153. The molecule has 0 heterocycles. The first kappa shape index (κ1) is 13.9. The fraction of sp³-hybridized carbons (Fsp3) is 0.800. The molecule has 7 atom stereocenters. The lowest BCUT2D eigenvalue weighted by atomic mass is 9.51. The highest BCUT2D eigenvalue weighted by atomic mass is 16.3. The molecule has 21 heavy (non-hydrogen) atoms. The average Bonchev–Trinajstić information content (AvgIpc) is 2.83. The molecular weight excluding hydrogens is 256 g/mol. The maximum atomic E-state index is 9.90. The Morgan fingerprint density at radius 1 is 1.14 bits per heavy atom. The molecule has 0 radical (unpaired) electrons. The number of fused-ring (bicyclic) bond motifs is 5. The van der Waals surface area contributed by atoms with Gasteiger partial charge >= 0.3 is 0 Å². The summed E-state index contributed by atoms with van der Waals surface area (Å²) in [5, 5.41) is 9.90. The highest BCUT2D eigenvalue weighted by Gasteiger charge is 2.55. The molecule has 3 fully saturated rings. The van der Waals surface area contributed by atoms with Gasteiger partial charge in [-0.2, -0.15) is 0 Å². The Bertz CT molecular complexity index is 498. The van der Waals surface area contributed by atoms with Gasteiger partial charge in [-0.3, -0.25) is 0 Å². The predicted octanol–water partition coefficient (Wildman–Crippen LogP) is 4.17. The Morgan fingerprint density at radius 2 is 2.00 bits per heavy atom. The van der Waals surface area contributed by atoms with Gasteiger partial charge in [-0.05, 0) is 80.5 Å². The van der Waals surface area contributed by atoms with Crippen LogP contribution < -0.4 is 0 Å². The lowest BCUT2D eigenvalue weighted by Crippen LogP contribution is -2.46. The highest BCUT2D eigenvalue weighted by molar-refractivity contribution is 5.21. The molecule has 0 bridgehead atoms. The van der Waals surface area contributed by atoms with E-state index in [1.807, 2.05) is 0 Å². The van der Waals surface area contributed by atoms with E-state index < -0.39 is 0 Å². The molecule has 114 valence electrons. The second-order valence-electron chi connectivity index (χ2n) is 8.31. The summed E-state index contributed by atoms with van der Waals surface area (Å²) in [5.74, 6) is 7.07. The topological polar surface area (TPSA) is 20.2 Å². The maximum Gasteiger partial charge on any atom is 0.0723 e. The molecule has 0 aromatic carbocycles. The summed E-state index contributed by atoms with van der Waals surface area (Å²) in [5.41, 5.74) is 2.01. The first-order chi connectivity index (χ1) is 10.1. The van der Waals surface area contributed by atoms with Crippen LogP contribution in [0.25, 0.3) is 0 Å². The number of terminal acetylenes is 1. The van der Waals surface area contributed by atoms with Crippen LogP contribution in [-0.4, -0.2) is 11.2 Å². The summed E-state index contributed by atoms with van der Waals surface area (Å²) in [6.45, 7) is 2.49. The smallest absolute Gasteiger partial charge is 0.0723 e. The van der Waals surface area contributed by atoms with E-state index in [1.54, 1.807) is 5.57 Å². The quantitative estimate of drug-likeness (QED) is 0.523. The third kappa shape index (κ3) is 1.95. The van der Waals surface area contributed by atoms with Gasteiger partial charge in [-0.15, -0.1) is 12.3 Å². The van der Waals surface area contributed by atoms with Gasteiger partial charge in [0.05, 0.1) is 6.10 Å². The van der Waals surface area contributed by atoms with E-state index in [9.17, 15) is 5.11 Å². The Labute approximate surface area is 129 Å². The molecular formula is C20H28O. The Hall–Kier alpha value is -0.740. The van der Waals surface area contributed by atoms with Gasteiger partial charge in [0.25, 0.3) is 0 Å². The molecule has 4 rings (SSSR count). The van der Waals surface area contributed by atoms with Crippen molar-refractivity contribution in [3.63, 3.8) is 0 Å². The predicted molar refractivity (Wildman–Crippen MR) is 85.4 cm³/mol. The first-order valence-corrected chi connectivity index (χ1v) is 8.98. The Balaban J connectivity index is 1.62. The summed E-state index contributed by atoms with van der Waals surface area (Å²) in [6.07, 6.45) is 17.9. The summed E-state index contributed by atoms with van der Waals surface area (Å²) in [4.78, 5) is 0. The van der Waals surface area contributed by atoms with E-state index >= 15 is 0 Å². The van der Waals surface area contributed by atoms with Gasteiger partial charge < -0.3 is 5.11 Å². The number of aliphatic hydroxyl groups is 1. The van der Waals surface area contributed by atoms with Crippen molar-refractivity contribution in [1.29, 1.82) is 0 Å². The SMILES string of the molecule is C#C[C@H]1CCC2C3CCC4=CC(O)CC[C@@H]4C3CC[C@@]21C. The van der Waals surface area contributed by atoms with Crippen LogP contribution in [0.4, 0.5) is 0 Å². The van der Waals surface area contributed by atoms with Gasteiger partial charge in [0.1, 0.15) is 0 Å². The number of hydrogen-bond donors (Lipinski definition) is 1. The zero-order valence-corrected chi connectivity index (χ0v) is 13.2. The van der Waals surface area contributed by atoms with Crippen molar-refractivity contribution >= 4 is 0 Å². The molecule has 0 aromatic rings. The molecule has 1 N–H and O–H groups in total. The van der Waals surface area contributed by atoms with Crippen molar-refractivity contribution in [3.05, 3.63) is 11.6 Å². The fourth-order valence-corrected chi connectivity index (χ4v) is 6.59. The number of aliphatic hydroxyl groups excluding tert-OH is 1. The van der Waals surface area contributed by atoms with Gasteiger partial charge in [-0.1, -0.05) is 18.6 Å². The minimum atomic E-state index is -0.168. The average molecular weight is 284 g/mol. The van der Waals surface area contributed by atoms with E-state index in [-0.39, 0.29) is 6.10 Å². The second-order valence-corrected chi connectivity index (χ2v) is 8.31. The Morgan fingerprint density at radius 3 is 2.81 bits per heavy atom. The van der Waals surface area contributed by atoms with Crippen molar-refractivity contribution in [1.82, 2.24) is 0 Å². The molecule has 0 amide bonds. The Kier molecular flexibility index (Phi) is 3.23. The van der Waals surface area contributed by atoms with Crippen LogP contribution in [0.5, 0.6) is 0 Å². The van der Waals surface area contributed by atoms with Crippen LogP contribution >= 0.6 is 0 Å². The van der Waals surface area contributed by atoms with Gasteiger partial charge in [0.15, 0.2) is 0 Å². The molecule has 0 aromatic heterocycles. The maximum absolute atomic E-state index is 9.90. The normalized spacial score (nSPS) is 52.1. The summed E-state index contributed by atoms with van der Waals surface area (Å²) < 4.78 is 0. The third-order valence-electron chi connectivity index (χ3n) is 7.63. The van der Waals surface area contributed by atoms with Crippen LogP contribution in [0, 0.1) is 47.3 Å². The number of rotatable bonds is 0. The van der Waals surface area contributed by atoms with Crippen LogP contribution in [0.15, 0.2) is 11.6 Å². The van der Waals surface area contributed by atoms with Crippen molar-refractivity contribution < 1.29 is 5.11 Å². The van der Waals surface area contributed by atoms with Crippen LogP contribution in [-0.2, 0) is 0 Å². The monoisotopic (exact) mass is 284 g/mol. The van der Waals surface area contributed by atoms with E-state index in [0.717, 1.165) is 30.1 Å². The summed E-state index contributed by atoms with van der Waals surface area (Å²) in [7, 11) is 0. The highest BCUT2D eigenvalue weighted by Crippen LogP contribution is 2.63. The molecule has 4 aliphatic rings. The fourth-order valence-electron chi connectivity index (χ4n) is 6.59. The minimum Gasteiger partial charge on any atom is -0.389 e. The van der Waals surface area contributed by atoms with E-state index in [4.69, 9.17) is 6.42 Å². The molecule has 4 aliphatic carbocycles. The zero-order chi connectivity index (χ0) is 14.6. The van der Waals surface area contributed by atoms with Crippen molar-refractivity contribution in [3.8, 4) is 12.3 Å². The summed E-state index contributed by atoms with van der Waals surface area (Å²) in [6, 6.07) is 0. The lowest BCUT2D eigenvalue weighted by Gasteiger charge is -2.53. The molecule has 1 heteroatoms. The van der Waals surface area contributed by atoms with Gasteiger partial charge in [0, 0.05) is 5.92 Å². The summed E-state index contributed by atoms with van der Waals surface area (Å²) >= 11 is 0. The van der Waals surface area contributed by atoms with Gasteiger partial charge in [-0.25, -0.2) is 0 Å². The van der Waals surface area contributed by atoms with Crippen LogP contribution in [0.3, 0.4) is 0 Å². The van der Waals surface area contributed by atoms with Crippen molar-refractivity contribution in [2.75, 3.05) is 0 Å². The first-order valence-electron chi connectivity index (χ1n) is 8.98. The second kappa shape index (κ2) is 4.88. The van der Waals surface area contributed by atoms with Gasteiger partial charge in [0.2, 0.25) is 0 Å². The molecule has 0 spiro atoms. The van der Waals surface area contributed by atoms with Crippen molar-refractivity contribution in [2.24, 2.45) is 35.0 Å².